The molecule has 1 aliphatic rings. The van der Waals surface area contributed by atoms with Gasteiger partial charge in [0, 0.05) is 0 Å². The Balaban J connectivity index is 1.92. The molecule has 0 radical (unpaired) electrons. The summed E-state index contributed by atoms with van der Waals surface area (Å²) < 4.78 is 5.37. The summed E-state index contributed by atoms with van der Waals surface area (Å²) in [6.07, 6.45) is 4.82. The molecule has 1 unspecified atom stereocenters. The first kappa shape index (κ1) is 13.6. The van der Waals surface area contributed by atoms with Crippen molar-refractivity contribution in [1.82, 2.24) is 9.97 Å². The molecular weight excluding hydrogens is 266 g/mol. The van der Waals surface area contributed by atoms with Gasteiger partial charge in [-0.1, -0.05) is 24.3 Å². The highest BCUT2D eigenvalue weighted by molar-refractivity contribution is 5.63. The number of aryl methyl sites for hydroxylation is 1. The van der Waals surface area contributed by atoms with Crippen LogP contribution in [-0.4, -0.2) is 17.1 Å². The Morgan fingerprint density at radius 3 is 2.86 bits per heavy atom. The molecule has 2 aromatic rings. The molecule has 0 spiro atoms. The van der Waals surface area contributed by atoms with Crippen molar-refractivity contribution in [3.8, 4) is 5.75 Å². The minimum Gasteiger partial charge on any atom is -0.490 e. The fourth-order valence-electron chi connectivity index (χ4n) is 2.84. The number of anilines is 2. The number of nitrogens with two attached hydrogens (primary N) is 1. The van der Waals surface area contributed by atoms with Gasteiger partial charge in [0.15, 0.2) is 11.6 Å². The van der Waals surface area contributed by atoms with Gasteiger partial charge in [-0.25, -0.2) is 15.8 Å². The molecule has 21 heavy (non-hydrogen) atoms. The highest BCUT2D eigenvalue weighted by Crippen LogP contribution is 2.36. The van der Waals surface area contributed by atoms with Crippen molar-refractivity contribution < 1.29 is 4.74 Å². The van der Waals surface area contributed by atoms with Crippen molar-refractivity contribution in [2.24, 2.45) is 5.84 Å². The van der Waals surface area contributed by atoms with Crippen LogP contribution in [0.4, 0.5) is 11.6 Å². The van der Waals surface area contributed by atoms with Crippen LogP contribution in [0.2, 0.25) is 0 Å². The summed E-state index contributed by atoms with van der Waals surface area (Å²) >= 11 is 0. The number of nitrogens with one attached hydrogen (secondary N) is 2. The monoisotopic (exact) mass is 285 g/mol. The molecule has 0 fully saturated rings. The number of nitrogens with zero attached hydrogens (tertiary/aromatic N) is 2. The predicted molar refractivity (Wildman–Crippen MR) is 82.1 cm³/mol. The number of nitrogen functional groups attached to an aromatic ring is 1. The number of benzene rings is 1. The highest BCUT2D eigenvalue weighted by atomic mass is 16.5. The molecule has 1 heterocycles. The van der Waals surface area contributed by atoms with E-state index in [9.17, 15) is 0 Å². The Bertz CT molecular complexity index is 631. The Hall–Kier alpha value is -2.34. The van der Waals surface area contributed by atoms with Gasteiger partial charge in [0.2, 0.25) is 5.75 Å². The van der Waals surface area contributed by atoms with Gasteiger partial charge in [0.25, 0.3) is 0 Å². The van der Waals surface area contributed by atoms with E-state index < -0.39 is 0 Å². The Morgan fingerprint density at radius 1 is 1.24 bits per heavy atom. The van der Waals surface area contributed by atoms with E-state index in [1.54, 1.807) is 7.11 Å². The van der Waals surface area contributed by atoms with Gasteiger partial charge in [0.1, 0.15) is 6.33 Å². The molecule has 6 heteroatoms. The largest absolute Gasteiger partial charge is 0.490 e. The molecular formula is C15H19N5O. The summed E-state index contributed by atoms with van der Waals surface area (Å²) in [7, 11) is 1.58. The smallest absolute Gasteiger partial charge is 0.205 e. The van der Waals surface area contributed by atoms with Crippen LogP contribution < -0.4 is 21.3 Å². The molecule has 0 saturated carbocycles. The van der Waals surface area contributed by atoms with Gasteiger partial charge in [-0.3, -0.25) is 0 Å². The quantitative estimate of drug-likeness (QED) is 0.590. The number of ether oxygens (including phenoxy) is 1. The number of aromatic nitrogens is 2. The van der Waals surface area contributed by atoms with Crippen molar-refractivity contribution in [3.05, 3.63) is 41.7 Å². The molecule has 1 aliphatic carbocycles. The van der Waals surface area contributed by atoms with E-state index in [1.165, 1.54) is 17.5 Å². The first-order chi connectivity index (χ1) is 10.3. The molecule has 0 saturated heterocycles. The van der Waals surface area contributed by atoms with Gasteiger partial charge in [-0.15, -0.1) is 0 Å². The number of hydrogen-bond acceptors (Lipinski definition) is 6. The summed E-state index contributed by atoms with van der Waals surface area (Å²) in [4.78, 5) is 8.34. The molecule has 3 rings (SSSR count). The maximum absolute atomic E-state index is 5.46. The van der Waals surface area contributed by atoms with Crippen molar-refractivity contribution >= 4 is 11.6 Å². The Kier molecular flexibility index (Phi) is 3.87. The van der Waals surface area contributed by atoms with E-state index in [-0.39, 0.29) is 6.04 Å². The third kappa shape index (κ3) is 2.62. The van der Waals surface area contributed by atoms with Gasteiger partial charge in [-0.2, -0.15) is 0 Å². The molecule has 110 valence electrons. The average Bonchev–Trinajstić information content (AvgIpc) is 2.55. The third-order valence-corrected chi connectivity index (χ3v) is 3.83. The lowest BCUT2D eigenvalue weighted by molar-refractivity contribution is 0.413. The van der Waals surface area contributed by atoms with Gasteiger partial charge < -0.3 is 15.5 Å². The lowest BCUT2D eigenvalue weighted by Crippen LogP contribution is -2.19. The van der Waals surface area contributed by atoms with Crippen molar-refractivity contribution in [3.63, 3.8) is 0 Å². The van der Waals surface area contributed by atoms with Crippen molar-refractivity contribution in [2.45, 2.75) is 25.3 Å². The van der Waals surface area contributed by atoms with E-state index in [4.69, 9.17) is 10.6 Å². The van der Waals surface area contributed by atoms with Crippen LogP contribution in [0.15, 0.2) is 30.6 Å². The second-order valence-electron chi connectivity index (χ2n) is 5.04. The van der Waals surface area contributed by atoms with Crippen LogP contribution in [0, 0.1) is 0 Å². The average molecular weight is 285 g/mol. The first-order valence-electron chi connectivity index (χ1n) is 7.03. The van der Waals surface area contributed by atoms with Gasteiger partial charge >= 0.3 is 0 Å². The zero-order valence-electron chi connectivity index (χ0n) is 12.0. The minimum absolute atomic E-state index is 0.226. The lowest BCUT2D eigenvalue weighted by Gasteiger charge is -2.27. The zero-order chi connectivity index (χ0) is 14.7. The minimum atomic E-state index is 0.226. The summed E-state index contributed by atoms with van der Waals surface area (Å²) in [6.45, 7) is 0. The summed E-state index contributed by atoms with van der Waals surface area (Å²) in [6, 6.07) is 8.74. The number of fused-ring (bicyclic) bond motifs is 1. The SMILES string of the molecule is COc1c(NN)ncnc1NC1CCCc2ccccc21. The van der Waals surface area contributed by atoms with Crippen molar-refractivity contribution in [1.29, 1.82) is 0 Å². The van der Waals surface area contributed by atoms with E-state index in [2.05, 4.69) is 45.0 Å². The fraction of sp³-hybridized carbons (Fsp3) is 0.333. The molecule has 1 atom stereocenters. The van der Waals surface area contributed by atoms with E-state index in [0.29, 0.717) is 17.4 Å². The molecule has 1 aromatic carbocycles. The van der Waals surface area contributed by atoms with Crippen LogP contribution in [0.3, 0.4) is 0 Å². The standard InChI is InChI=1S/C15H19N5O/c1-21-13-14(17-9-18-15(13)20-16)19-12-8-4-6-10-5-2-3-7-11(10)12/h2-3,5,7,9,12H,4,6,8,16H2,1H3,(H2,17,18,19,20). The molecule has 0 bridgehead atoms. The second-order valence-corrected chi connectivity index (χ2v) is 5.04. The van der Waals surface area contributed by atoms with Crippen LogP contribution in [-0.2, 0) is 6.42 Å². The zero-order valence-corrected chi connectivity index (χ0v) is 12.0. The van der Waals surface area contributed by atoms with Crippen molar-refractivity contribution in [2.75, 3.05) is 17.9 Å². The van der Waals surface area contributed by atoms with Gasteiger partial charge in [-0.05, 0) is 30.4 Å². The van der Waals surface area contributed by atoms with Crippen LogP contribution in [0.1, 0.15) is 30.0 Å². The normalized spacial score (nSPS) is 17.0. The number of rotatable bonds is 4. The maximum atomic E-state index is 5.46. The summed E-state index contributed by atoms with van der Waals surface area (Å²) in [5.41, 5.74) is 5.25. The molecule has 6 nitrogen and oxygen atoms in total. The Morgan fingerprint density at radius 2 is 2.05 bits per heavy atom. The van der Waals surface area contributed by atoms with E-state index >= 15 is 0 Å². The van der Waals surface area contributed by atoms with E-state index in [1.807, 2.05) is 0 Å². The molecule has 1 aromatic heterocycles. The van der Waals surface area contributed by atoms with Gasteiger partial charge in [0.05, 0.1) is 13.2 Å². The second kappa shape index (κ2) is 5.97. The van der Waals surface area contributed by atoms with Crippen LogP contribution >= 0.6 is 0 Å². The first-order valence-corrected chi connectivity index (χ1v) is 7.03. The van der Waals surface area contributed by atoms with Crippen LogP contribution in [0.25, 0.3) is 0 Å². The number of methoxy groups -OCH3 is 1. The Labute approximate surface area is 123 Å². The predicted octanol–water partition coefficient (Wildman–Crippen LogP) is 2.26. The summed E-state index contributed by atoms with van der Waals surface area (Å²) in [5, 5.41) is 3.46. The fourth-order valence-corrected chi connectivity index (χ4v) is 2.84. The molecule has 0 aliphatic heterocycles. The third-order valence-electron chi connectivity index (χ3n) is 3.83. The summed E-state index contributed by atoms with van der Waals surface area (Å²) in [5.74, 6) is 7.11. The molecule has 4 N–H and O–H groups in total. The van der Waals surface area contributed by atoms with Crippen LogP contribution in [0.5, 0.6) is 5.75 Å². The molecule has 0 amide bonds. The topological polar surface area (TPSA) is 85.1 Å². The lowest BCUT2D eigenvalue weighted by atomic mass is 9.88. The number of hydrogen-bond donors (Lipinski definition) is 3. The number of hydrazine groups is 1. The van der Waals surface area contributed by atoms with E-state index in [0.717, 1.165) is 19.3 Å². The highest BCUT2D eigenvalue weighted by Gasteiger charge is 2.22. The maximum Gasteiger partial charge on any atom is 0.205 e.